The van der Waals surface area contributed by atoms with Crippen molar-refractivity contribution >= 4 is 17.0 Å². The Balaban J connectivity index is 1.75. The van der Waals surface area contributed by atoms with Crippen molar-refractivity contribution in [2.24, 2.45) is 5.92 Å². The SMILES string of the molecule is Cc1c(-c2ccccc2)cccc1-c1cccc2oc3c(c12)C=CC(C)C3. The molecule has 1 aromatic heterocycles. The predicted molar refractivity (Wildman–Crippen MR) is 114 cm³/mol. The second-order valence-corrected chi connectivity index (χ2v) is 7.50. The first-order valence-corrected chi connectivity index (χ1v) is 9.60. The highest BCUT2D eigenvalue weighted by Gasteiger charge is 2.21. The molecule has 0 bridgehead atoms. The number of hydrogen-bond acceptors (Lipinski definition) is 1. The van der Waals surface area contributed by atoms with Crippen molar-refractivity contribution in [3.63, 3.8) is 0 Å². The highest BCUT2D eigenvalue weighted by atomic mass is 16.3. The Morgan fingerprint density at radius 2 is 1.56 bits per heavy atom. The summed E-state index contributed by atoms with van der Waals surface area (Å²) >= 11 is 0. The van der Waals surface area contributed by atoms with Crippen molar-refractivity contribution in [3.05, 3.63) is 89.7 Å². The van der Waals surface area contributed by atoms with Crippen molar-refractivity contribution in [2.75, 3.05) is 0 Å². The molecule has 27 heavy (non-hydrogen) atoms. The molecule has 1 heterocycles. The molecule has 1 heteroatoms. The van der Waals surface area contributed by atoms with E-state index in [1.165, 1.54) is 38.8 Å². The molecule has 1 atom stereocenters. The lowest BCUT2D eigenvalue weighted by molar-refractivity contribution is 0.513. The maximum Gasteiger partial charge on any atom is 0.135 e. The second kappa shape index (κ2) is 6.28. The molecule has 0 amide bonds. The summed E-state index contributed by atoms with van der Waals surface area (Å²) in [6, 6.07) is 23.6. The first kappa shape index (κ1) is 16.1. The van der Waals surface area contributed by atoms with Crippen LogP contribution in [0.2, 0.25) is 0 Å². The molecule has 0 radical (unpaired) electrons. The number of rotatable bonds is 2. The maximum absolute atomic E-state index is 6.23. The van der Waals surface area contributed by atoms with Crippen LogP contribution < -0.4 is 0 Å². The Labute approximate surface area is 160 Å². The Hall–Kier alpha value is -3.06. The van der Waals surface area contributed by atoms with Gasteiger partial charge in [-0.2, -0.15) is 0 Å². The molecule has 0 aliphatic heterocycles. The van der Waals surface area contributed by atoms with Gasteiger partial charge in [-0.15, -0.1) is 0 Å². The van der Waals surface area contributed by atoms with Crippen LogP contribution in [0.4, 0.5) is 0 Å². The molecule has 0 N–H and O–H groups in total. The Bertz CT molecular complexity index is 1160. The van der Waals surface area contributed by atoms with E-state index in [-0.39, 0.29) is 0 Å². The molecule has 1 aliphatic rings. The predicted octanol–water partition coefficient (Wildman–Crippen LogP) is 7.28. The summed E-state index contributed by atoms with van der Waals surface area (Å²) in [7, 11) is 0. The normalized spacial score (nSPS) is 15.9. The van der Waals surface area contributed by atoms with Gasteiger partial charge in [0.05, 0.1) is 0 Å². The summed E-state index contributed by atoms with van der Waals surface area (Å²) in [5.74, 6) is 1.65. The number of furan rings is 1. The summed E-state index contributed by atoms with van der Waals surface area (Å²) in [4.78, 5) is 0. The number of fused-ring (bicyclic) bond motifs is 3. The topological polar surface area (TPSA) is 13.1 Å². The molecular formula is C26H22O. The highest BCUT2D eigenvalue weighted by molar-refractivity contribution is 6.02. The fourth-order valence-corrected chi connectivity index (χ4v) is 4.25. The van der Waals surface area contributed by atoms with E-state index in [1.54, 1.807) is 0 Å². The van der Waals surface area contributed by atoms with Crippen LogP contribution in [0.15, 0.2) is 77.2 Å². The Morgan fingerprint density at radius 3 is 2.41 bits per heavy atom. The van der Waals surface area contributed by atoms with Crippen LogP contribution in [0.3, 0.4) is 0 Å². The van der Waals surface area contributed by atoms with Crippen LogP contribution in [0.1, 0.15) is 23.8 Å². The highest BCUT2D eigenvalue weighted by Crippen LogP contribution is 2.41. The van der Waals surface area contributed by atoms with E-state index < -0.39 is 0 Å². The fraction of sp³-hybridized carbons (Fsp3) is 0.154. The van der Waals surface area contributed by atoms with Gasteiger partial charge in [-0.1, -0.05) is 79.7 Å². The van der Waals surface area contributed by atoms with E-state index in [0.29, 0.717) is 5.92 Å². The second-order valence-electron chi connectivity index (χ2n) is 7.50. The first-order chi connectivity index (χ1) is 13.2. The average molecular weight is 350 g/mol. The first-order valence-electron chi connectivity index (χ1n) is 9.60. The van der Waals surface area contributed by atoms with E-state index >= 15 is 0 Å². The molecular weight excluding hydrogens is 328 g/mol. The van der Waals surface area contributed by atoms with Crippen LogP contribution in [-0.2, 0) is 6.42 Å². The molecule has 1 unspecified atom stereocenters. The minimum atomic E-state index is 0.532. The number of allylic oxidation sites excluding steroid dienone is 1. The molecule has 3 aromatic carbocycles. The quantitative estimate of drug-likeness (QED) is 0.370. The minimum Gasteiger partial charge on any atom is -0.460 e. The zero-order valence-corrected chi connectivity index (χ0v) is 15.7. The zero-order valence-electron chi connectivity index (χ0n) is 15.7. The molecule has 1 aliphatic carbocycles. The Morgan fingerprint density at radius 1 is 0.815 bits per heavy atom. The molecule has 4 aromatic rings. The molecule has 0 saturated carbocycles. The number of benzene rings is 3. The van der Waals surface area contributed by atoms with Crippen LogP contribution in [-0.4, -0.2) is 0 Å². The van der Waals surface area contributed by atoms with E-state index in [4.69, 9.17) is 4.42 Å². The van der Waals surface area contributed by atoms with Crippen molar-refractivity contribution in [2.45, 2.75) is 20.3 Å². The van der Waals surface area contributed by atoms with Gasteiger partial charge in [0.2, 0.25) is 0 Å². The Kier molecular flexibility index (Phi) is 3.75. The van der Waals surface area contributed by atoms with Gasteiger partial charge in [0.25, 0.3) is 0 Å². The smallest absolute Gasteiger partial charge is 0.135 e. The van der Waals surface area contributed by atoms with Gasteiger partial charge in [-0.3, -0.25) is 0 Å². The summed E-state index contributed by atoms with van der Waals surface area (Å²) in [5, 5.41) is 1.24. The van der Waals surface area contributed by atoms with Crippen LogP contribution >= 0.6 is 0 Å². The lowest BCUT2D eigenvalue weighted by atomic mass is 9.88. The molecule has 0 spiro atoms. The van der Waals surface area contributed by atoms with E-state index in [0.717, 1.165) is 17.8 Å². The fourth-order valence-electron chi connectivity index (χ4n) is 4.25. The monoisotopic (exact) mass is 350 g/mol. The van der Waals surface area contributed by atoms with Crippen molar-refractivity contribution in [3.8, 4) is 22.3 Å². The summed E-state index contributed by atoms with van der Waals surface area (Å²) < 4.78 is 6.23. The maximum atomic E-state index is 6.23. The molecule has 132 valence electrons. The lowest BCUT2D eigenvalue weighted by Gasteiger charge is -2.14. The third kappa shape index (κ3) is 2.62. The van der Waals surface area contributed by atoms with E-state index in [1.807, 2.05) is 0 Å². The lowest BCUT2D eigenvalue weighted by Crippen LogP contribution is -2.00. The summed E-state index contributed by atoms with van der Waals surface area (Å²) in [6.45, 7) is 4.46. The van der Waals surface area contributed by atoms with Gasteiger partial charge >= 0.3 is 0 Å². The molecule has 0 saturated heterocycles. The zero-order chi connectivity index (χ0) is 18.4. The van der Waals surface area contributed by atoms with E-state index in [2.05, 4.69) is 92.7 Å². The van der Waals surface area contributed by atoms with Crippen molar-refractivity contribution in [1.29, 1.82) is 0 Å². The van der Waals surface area contributed by atoms with Crippen LogP contribution in [0.5, 0.6) is 0 Å². The standard InChI is InChI=1S/C26H22O/c1-17-14-15-23-25(16-17)27-24-13-7-12-22(26(23)24)21-11-6-10-20(18(21)2)19-8-4-3-5-9-19/h3-15,17H,16H2,1-2H3. The van der Waals surface area contributed by atoms with Crippen molar-refractivity contribution in [1.82, 2.24) is 0 Å². The van der Waals surface area contributed by atoms with Gasteiger partial charge in [0.1, 0.15) is 11.3 Å². The largest absolute Gasteiger partial charge is 0.460 e. The van der Waals surface area contributed by atoms with Crippen molar-refractivity contribution < 1.29 is 4.42 Å². The summed E-state index contributed by atoms with van der Waals surface area (Å²) in [5.41, 5.74) is 8.62. The molecule has 0 fully saturated rings. The molecule has 5 rings (SSSR count). The molecule has 1 nitrogen and oxygen atoms in total. The van der Waals surface area contributed by atoms with E-state index in [9.17, 15) is 0 Å². The van der Waals surface area contributed by atoms with Gasteiger partial charge in [-0.25, -0.2) is 0 Å². The van der Waals surface area contributed by atoms with Crippen LogP contribution in [0.25, 0.3) is 39.3 Å². The van der Waals surface area contributed by atoms with Gasteiger partial charge < -0.3 is 4.42 Å². The van der Waals surface area contributed by atoms with Gasteiger partial charge in [0, 0.05) is 17.4 Å². The third-order valence-corrected chi connectivity index (χ3v) is 5.64. The van der Waals surface area contributed by atoms with Gasteiger partial charge in [0.15, 0.2) is 0 Å². The average Bonchev–Trinajstić information content (AvgIpc) is 3.06. The number of hydrogen-bond donors (Lipinski definition) is 0. The van der Waals surface area contributed by atoms with Crippen LogP contribution in [0, 0.1) is 12.8 Å². The van der Waals surface area contributed by atoms with Gasteiger partial charge in [-0.05, 0) is 46.7 Å². The minimum absolute atomic E-state index is 0.532. The summed E-state index contributed by atoms with van der Waals surface area (Å²) in [6.07, 6.45) is 5.51. The third-order valence-electron chi connectivity index (χ3n) is 5.64.